The number of ether oxygens (including phenoxy) is 2. The molecule has 0 aromatic heterocycles. The predicted molar refractivity (Wildman–Crippen MR) is 221 cm³/mol. The molecular formula is C44H78Cl2O4. The average molecular weight is 742 g/mol. The smallest absolute Gasteiger partial charge is 0.305 e. The predicted octanol–water partition coefficient (Wildman–Crippen LogP) is 14.7. The highest BCUT2D eigenvalue weighted by atomic mass is 35.5. The minimum atomic E-state index is -0.0553. The van der Waals surface area contributed by atoms with Crippen LogP contribution in [0.2, 0.25) is 0 Å². The Hall–Kier alpha value is -1.52. The lowest BCUT2D eigenvalue weighted by atomic mass is 10.1. The Labute approximate surface area is 320 Å². The number of esters is 2. The molecule has 0 aromatic carbocycles. The van der Waals surface area contributed by atoms with E-state index in [2.05, 4.69) is 62.5 Å². The molecule has 0 rings (SSSR count). The van der Waals surface area contributed by atoms with Gasteiger partial charge in [0.05, 0.1) is 13.2 Å². The van der Waals surface area contributed by atoms with Crippen molar-refractivity contribution < 1.29 is 19.1 Å². The normalized spacial score (nSPS) is 11.6. The number of hydrogen-bond donors (Lipinski definition) is 0. The van der Waals surface area contributed by atoms with Crippen LogP contribution in [0.25, 0.3) is 0 Å². The van der Waals surface area contributed by atoms with Gasteiger partial charge in [-0.1, -0.05) is 127 Å². The van der Waals surface area contributed by atoms with Crippen LogP contribution in [0.1, 0.15) is 194 Å². The third-order valence-corrected chi connectivity index (χ3v) is 8.78. The summed E-state index contributed by atoms with van der Waals surface area (Å²) in [5, 5.41) is 0. The van der Waals surface area contributed by atoms with Crippen LogP contribution in [0, 0.1) is 0 Å². The van der Waals surface area contributed by atoms with Gasteiger partial charge in [0.25, 0.3) is 0 Å². The van der Waals surface area contributed by atoms with Crippen molar-refractivity contribution in [3.05, 3.63) is 48.6 Å². The molecule has 0 saturated heterocycles. The monoisotopic (exact) mass is 741 g/mol. The summed E-state index contributed by atoms with van der Waals surface area (Å²) in [6, 6.07) is 0. The molecule has 0 bridgehead atoms. The van der Waals surface area contributed by atoms with Gasteiger partial charge in [-0.25, -0.2) is 0 Å². The van der Waals surface area contributed by atoms with Crippen LogP contribution in [0.15, 0.2) is 48.6 Å². The van der Waals surface area contributed by atoms with E-state index >= 15 is 0 Å². The Kier molecular flexibility index (Phi) is 48.0. The van der Waals surface area contributed by atoms with Crippen molar-refractivity contribution in [2.75, 3.05) is 25.0 Å². The molecule has 0 aliphatic carbocycles. The Morgan fingerprint density at radius 1 is 0.400 bits per heavy atom. The third-order valence-electron chi connectivity index (χ3n) is 8.25. The summed E-state index contributed by atoms with van der Waals surface area (Å²) in [5.41, 5.74) is 0. The fraction of sp³-hybridized carbons (Fsp3) is 0.773. The molecule has 0 heterocycles. The minimum Gasteiger partial charge on any atom is -0.466 e. The Bertz CT molecular complexity index is 740. The summed E-state index contributed by atoms with van der Waals surface area (Å²) in [6.45, 7) is 5.52. The first kappa shape index (κ1) is 50.6. The van der Waals surface area contributed by atoms with Crippen LogP contribution < -0.4 is 0 Å². The van der Waals surface area contributed by atoms with Crippen molar-refractivity contribution in [3.8, 4) is 0 Å². The zero-order valence-electron chi connectivity index (χ0n) is 32.6. The minimum absolute atomic E-state index is 0.0553. The van der Waals surface area contributed by atoms with E-state index in [0.29, 0.717) is 37.8 Å². The molecule has 0 aliphatic rings. The molecule has 0 aliphatic heterocycles. The summed E-state index contributed by atoms with van der Waals surface area (Å²) < 4.78 is 10.3. The van der Waals surface area contributed by atoms with Gasteiger partial charge in [-0.3, -0.25) is 9.59 Å². The maximum atomic E-state index is 11.5. The molecule has 0 radical (unpaired) electrons. The molecule has 0 amide bonds. The maximum absolute atomic E-state index is 11.5. The van der Waals surface area contributed by atoms with Gasteiger partial charge in [-0.2, -0.15) is 0 Å². The molecule has 0 spiro atoms. The van der Waals surface area contributed by atoms with Gasteiger partial charge in [-0.05, 0) is 103 Å². The van der Waals surface area contributed by atoms with Crippen molar-refractivity contribution in [1.82, 2.24) is 0 Å². The van der Waals surface area contributed by atoms with Crippen LogP contribution in [0.4, 0.5) is 0 Å². The first-order valence-electron chi connectivity index (χ1n) is 20.6. The largest absolute Gasteiger partial charge is 0.466 e. The second-order valence-electron chi connectivity index (χ2n) is 13.2. The number of carbonyl (C=O) groups excluding carboxylic acids is 2. The van der Waals surface area contributed by atoms with Crippen LogP contribution in [-0.2, 0) is 19.1 Å². The van der Waals surface area contributed by atoms with Gasteiger partial charge < -0.3 is 9.47 Å². The number of alkyl halides is 2. The lowest BCUT2D eigenvalue weighted by Gasteiger charge is -2.04. The summed E-state index contributed by atoms with van der Waals surface area (Å²) in [7, 11) is 0. The van der Waals surface area contributed by atoms with E-state index < -0.39 is 0 Å². The maximum Gasteiger partial charge on any atom is 0.305 e. The quantitative estimate of drug-likeness (QED) is 0.0278. The molecule has 0 unspecified atom stereocenters. The average Bonchev–Trinajstić information content (AvgIpc) is 3.12. The standard InChI is InChI=1S/2C22H39ClO2/c2*1-2-3-4-5-6-7-8-9-10-11-12-13-14-15-16-19-22(24)25-21-18-17-20-23/h2*6-7,9-10H,2-5,8,11-21H2,1H3/b2*7-6-,10-9-. The SMILES string of the molecule is CCCCC/C=C\C/C=C\CCCCCCCC(=O)OCCCCCl.CCCCC/C=C\C/C=C\CCCCCCCC(=O)OCCCCCl. The van der Waals surface area contributed by atoms with E-state index in [1.54, 1.807) is 0 Å². The third kappa shape index (κ3) is 48.6. The molecule has 4 nitrogen and oxygen atoms in total. The number of carbonyl (C=O) groups is 2. The van der Waals surface area contributed by atoms with E-state index in [1.807, 2.05) is 0 Å². The van der Waals surface area contributed by atoms with Crippen molar-refractivity contribution >= 4 is 35.1 Å². The van der Waals surface area contributed by atoms with Gasteiger partial charge >= 0.3 is 11.9 Å². The molecule has 0 atom stereocenters. The molecule has 0 fully saturated rings. The van der Waals surface area contributed by atoms with Crippen LogP contribution in [0.5, 0.6) is 0 Å². The highest BCUT2D eigenvalue weighted by molar-refractivity contribution is 6.18. The second kappa shape index (κ2) is 47.5. The Morgan fingerprint density at radius 2 is 0.720 bits per heavy atom. The zero-order valence-corrected chi connectivity index (χ0v) is 34.1. The number of halogens is 2. The molecule has 6 heteroatoms. The van der Waals surface area contributed by atoms with Gasteiger partial charge in [-0.15, -0.1) is 23.2 Å². The summed E-state index contributed by atoms with van der Waals surface area (Å²) in [6.07, 6.45) is 49.5. The van der Waals surface area contributed by atoms with E-state index in [9.17, 15) is 9.59 Å². The Balaban J connectivity index is 0. The van der Waals surface area contributed by atoms with Crippen molar-refractivity contribution in [2.24, 2.45) is 0 Å². The van der Waals surface area contributed by atoms with E-state index in [1.165, 1.54) is 103 Å². The molecule has 0 aromatic rings. The first-order chi connectivity index (χ1) is 24.6. The van der Waals surface area contributed by atoms with E-state index in [4.69, 9.17) is 32.7 Å². The van der Waals surface area contributed by atoms with Crippen molar-refractivity contribution in [3.63, 3.8) is 0 Å². The first-order valence-corrected chi connectivity index (χ1v) is 21.7. The number of unbranched alkanes of at least 4 members (excludes halogenated alkanes) is 18. The van der Waals surface area contributed by atoms with Gasteiger partial charge in [0, 0.05) is 24.6 Å². The highest BCUT2D eigenvalue weighted by Crippen LogP contribution is 2.10. The highest BCUT2D eigenvalue weighted by Gasteiger charge is 2.03. The van der Waals surface area contributed by atoms with Crippen LogP contribution in [-0.4, -0.2) is 36.9 Å². The Morgan fingerprint density at radius 3 is 1.06 bits per heavy atom. The lowest BCUT2D eigenvalue weighted by Crippen LogP contribution is -2.05. The van der Waals surface area contributed by atoms with Crippen LogP contribution >= 0.6 is 23.2 Å². The van der Waals surface area contributed by atoms with Crippen molar-refractivity contribution in [2.45, 2.75) is 194 Å². The lowest BCUT2D eigenvalue weighted by molar-refractivity contribution is -0.144. The summed E-state index contributed by atoms with van der Waals surface area (Å²) in [4.78, 5) is 22.9. The number of rotatable bonds is 36. The van der Waals surface area contributed by atoms with E-state index in [-0.39, 0.29) is 11.9 Å². The fourth-order valence-electron chi connectivity index (χ4n) is 5.07. The molecule has 0 saturated carbocycles. The number of hydrogen-bond acceptors (Lipinski definition) is 4. The van der Waals surface area contributed by atoms with Crippen molar-refractivity contribution in [1.29, 1.82) is 0 Å². The molecule has 292 valence electrons. The van der Waals surface area contributed by atoms with Crippen LogP contribution in [0.3, 0.4) is 0 Å². The zero-order chi connectivity index (χ0) is 36.9. The number of allylic oxidation sites excluding steroid dienone is 8. The fourth-order valence-corrected chi connectivity index (χ4v) is 5.45. The molecule has 50 heavy (non-hydrogen) atoms. The topological polar surface area (TPSA) is 52.6 Å². The van der Waals surface area contributed by atoms with Gasteiger partial charge in [0.1, 0.15) is 0 Å². The summed E-state index contributed by atoms with van der Waals surface area (Å²) in [5.74, 6) is 1.17. The summed E-state index contributed by atoms with van der Waals surface area (Å²) >= 11 is 11.2. The molecular weight excluding hydrogens is 663 g/mol. The molecule has 0 N–H and O–H groups in total. The second-order valence-corrected chi connectivity index (χ2v) is 14.0. The van der Waals surface area contributed by atoms with Gasteiger partial charge in [0.15, 0.2) is 0 Å². The van der Waals surface area contributed by atoms with E-state index in [0.717, 1.165) is 64.2 Å². The van der Waals surface area contributed by atoms with Gasteiger partial charge in [0.2, 0.25) is 0 Å².